The molecule has 6 heteroatoms. The van der Waals surface area contributed by atoms with Gasteiger partial charge in [0, 0.05) is 32.6 Å². The SMILES string of the molecule is COCCNCC(=O)NCCSCCCO. The molecule has 16 heavy (non-hydrogen) atoms. The van der Waals surface area contributed by atoms with Gasteiger partial charge in [-0.1, -0.05) is 0 Å². The summed E-state index contributed by atoms with van der Waals surface area (Å²) in [5.41, 5.74) is 0. The second-order valence-electron chi connectivity index (χ2n) is 3.21. The van der Waals surface area contributed by atoms with E-state index in [0.29, 0.717) is 26.2 Å². The topological polar surface area (TPSA) is 70.6 Å². The molecule has 0 unspecified atom stereocenters. The van der Waals surface area contributed by atoms with E-state index in [2.05, 4.69) is 10.6 Å². The number of hydrogen-bond donors (Lipinski definition) is 3. The summed E-state index contributed by atoms with van der Waals surface area (Å²) in [4.78, 5) is 11.2. The summed E-state index contributed by atoms with van der Waals surface area (Å²) in [7, 11) is 1.63. The van der Waals surface area contributed by atoms with Crippen LogP contribution in [0.4, 0.5) is 0 Å². The molecule has 0 spiro atoms. The monoisotopic (exact) mass is 250 g/mol. The highest BCUT2D eigenvalue weighted by Crippen LogP contribution is 1.99. The van der Waals surface area contributed by atoms with Gasteiger partial charge in [-0.25, -0.2) is 0 Å². The lowest BCUT2D eigenvalue weighted by Crippen LogP contribution is -2.36. The van der Waals surface area contributed by atoms with Crippen molar-refractivity contribution < 1.29 is 14.6 Å². The Bertz CT molecular complexity index is 170. The van der Waals surface area contributed by atoms with Gasteiger partial charge in [-0.2, -0.15) is 11.8 Å². The number of nitrogens with one attached hydrogen (secondary N) is 2. The number of methoxy groups -OCH3 is 1. The number of amides is 1. The van der Waals surface area contributed by atoms with E-state index in [1.54, 1.807) is 18.9 Å². The van der Waals surface area contributed by atoms with Gasteiger partial charge in [0.1, 0.15) is 0 Å². The predicted octanol–water partition coefficient (Wildman–Crippen LogP) is -0.546. The molecular formula is C10H22N2O3S. The summed E-state index contributed by atoms with van der Waals surface area (Å²) < 4.78 is 4.84. The number of aliphatic hydroxyl groups excluding tert-OH is 1. The van der Waals surface area contributed by atoms with E-state index in [1.807, 2.05) is 0 Å². The third kappa shape index (κ3) is 11.8. The molecule has 1 amide bonds. The van der Waals surface area contributed by atoms with Crippen LogP contribution in [0.1, 0.15) is 6.42 Å². The van der Waals surface area contributed by atoms with Gasteiger partial charge in [0.25, 0.3) is 0 Å². The lowest BCUT2D eigenvalue weighted by atomic mass is 10.5. The predicted molar refractivity (Wildman–Crippen MR) is 66.8 cm³/mol. The highest BCUT2D eigenvalue weighted by Gasteiger charge is 1.98. The molecule has 0 radical (unpaired) electrons. The van der Waals surface area contributed by atoms with Crippen LogP contribution in [0, 0.1) is 0 Å². The zero-order valence-electron chi connectivity index (χ0n) is 9.83. The second kappa shape index (κ2) is 12.8. The molecule has 0 aliphatic carbocycles. The third-order valence-corrected chi connectivity index (χ3v) is 2.85. The van der Waals surface area contributed by atoms with Crippen LogP contribution in [0.3, 0.4) is 0 Å². The van der Waals surface area contributed by atoms with Crippen LogP contribution in [0.2, 0.25) is 0 Å². The van der Waals surface area contributed by atoms with Crippen molar-refractivity contribution in [2.45, 2.75) is 6.42 Å². The first kappa shape index (κ1) is 15.7. The molecule has 0 bridgehead atoms. The maximum atomic E-state index is 11.2. The molecule has 0 heterocycles. The molecule has 0 rings (SSSR count). The van der Waals surface area contributed by atoms with Crippen LogP contribution in [-0.4, -0.2) is 62.5 Å². The normalized spacial score (nSPS) is 10.4. The Morgan fingerprint density at radius 1 is 1.38 bits per heavy atom. The summed E-state index contributed by atoms with van der Waals surface area (Å²) in [6.45, 7) is 2.56. The van der Waals surface area contributed by atoms with Crippen LogP contribution in [-0.2, 0) is 9.53 Å². The zero-order chi connectivity index (χ0) is 12.1. The molecule has 0 atom stereocenters. The van der Waals surface area contributed by atoms with Crippen molar-refractivity contribution in [3.8, 4) is 0 Å². The molecule has 0 aromatic carbocycles. The third-order valence-electron chi connectivity index (χ3n) is 1.78. The summed E-state index contributed by atoms with van der Waals surface area (Å²) in [5.74, 6) is 1.85. The summed E-state index contributed by atoms with van der Waals surface area (Å²) in [6.07, 6.45) is 0.817. The molecule has 0 aliphatic heterocycles. The average Bonchev–Trinajstić information content (AvgIpc) is 2.29. The van der Waals surface area contributed by atoms with Gasteiger partial charge < -0.3 is 20.5 Å². The fourth-order valence-electron chi connectivity index (χ4n) is 0.970. The number of ether oxygens (including phenoxy) is 1. The number of rotatable bonds is 11. The van der Waals surface area contributed by atoms with Gasteiger partial charge in [-0.15, -0.1) is 0 Å². The molecule has 5 nitrogen and oxygen atoms in total. The Labute approximate surface area is 101 Å². The van der Waals surface area contributed by atoms with Crippen molar-refractivity contribution in [1.29, 1.82) is 0 Å². The van der Waals surface area contributed by atoms with Crippen molar-refractivity contribution in [3.63, 3.8) is 0 Å². The van der Waals surface area contributed by atoms with Crippen molar-refractivity contribution in [3.05, 3.63) is 0 Å². The molecule has 0 aliphatic rings. The molecular weight excluding hydrogens is 228 g/mol. The maximum Gasteiger partial charge on any atom is 0.233 e. The van der Waals surface area contributed by atoms with E-state index >= 15 is 0 Å². The van der Waals surface area contributed by atoms with Crippen LogP contribution in [0.15, 0.2) is 0 Å². The lowest BCUT2D eigenvalue weighted by molar-refractivity contribution is -0.120. The minimum absolute atomic E-state index is 0.0128. The van der Waals surface area contributed by atoms with Gasteiger partial charge in [0.2, 0.25) is 5.91 Å². The first-order valence-electron chi connectivity index (χ1n) is 5.46. The highest BCUT2D eigenvalue weighted by molar-refractivity contribution is 7.99. The van der Waals surface area contributed by atoms with E-state index in [4.69, 9.17) is 9.84 Å². The molecule has 0 aromatic heterocycles. The number of aliphatic hydroxyl groups is 1. The molecule has 0 fully saturated rings. The summed E-state index contributed by atoms with van der Waals surface area (Å²) in [6, 6.07) is 0. The standard InChI is InChI=1S/C10H22N2O3S/c1-15-6-3-11-9-10(14)12-4-8-16-7-2-5-13/h11,13H,2-9H2,1H3,(H,12,14). The Hall–Kier alpha value is -0.300. The van der Waals surface area contributed by atoms with Crippen LogP contribution in [0.5, 0.6) is 0 Å². The van der Waals surface area contributed by atoms with E-state index in [0.717, 1.165) is 17.9 Å². The molecule has 0 aromatic rings. The van der Waals surface area contributed by atoms with Gasteiger partial charge in [0.05, 0.1) is 13.2 Å². The van der Waals surface area contributed by atoms with Gasteiger partial charge >= 0.3 is 0 Å². The number of hydrogen-bond acceptors (Lipinski definition) is 5. The largest absolute Gasteiger partial charge is 0.396 e. The smallest absolute Gasteiger partial charge is 0.233 e. The van der Waals surface area contributed by atoms with E-state index in [-0.39, 0.29) is 12.5 Å². The van der Waals surface area contributed by atoms with Gasteiger partial charge in [-0.3, -0.25) is 4.79 Å². The lowest BCUT2D eigenvalue weighted by Gasteiger charge is -2.06. The zero-order valence-corrected chi connectivity index (χ0v) is 10.6. The van der Waals surface area contributed by atoms with Crippen molar-refractivity contribution in [2.24, 2.45) is 0 Å². The molecule has 0 saturated carbocycles. The Morgan fingerprint density at radius 2 is 2.19 bits per heavy atom. The molecule has 3 N–H and O–H groups in total. The van der Waals surface area contributed by atoms with E-state index in [9.17, 15) is 4.79 Å². The number of carbonyl (C=O) groups excluding carboxylic acids is 1. The van der Waals surface area contributed by atoms with Crippen molar-refractivity contribution in [2.75, 3.05) is 51.5 Å². The van der Waals surface area contributed by atoms with Gasteiger partial charge in [0.15, 0.2) is 0 Å². The van der Waals surface area contributed by atoms with Crippen molar-refractivity contribution in [1.82, 2.24) is 10.6 Å². The van der Waals surface area contributed by atoms with Crippen molar-refractivity contribution >= 4 is 17.7 Å². The average molecular weight is 250 g/mol. The number of thioether (sulfide) groups is 1. The van der Waals surface area contributed by atoms with Crippen LogP contribution < -0.4 is 10.6 Å². The highest BCUT2D eigenvalue weighted by atomic mass is 32.2. The molecule has 96 valence electrons. The second-order valence-corrected chi connectivity index (χ2v) is 4.43. The first-order valence-corrected chi connectivity index (χ1v) is 6.61. The van der Waals surface area contributed by atoms with E-state index in [1.165, 1.54) is 0 Å². The minimum Gasteiger partial charge on any atom is -0.396 e. The summed E-state index contributed by atoms with van der Waals surface area (Å²) in [5, 5.41) is 14.3. The van der Waals surface area contributed by atoms with Gasteiger partial charge in [-0.05, 0) is 12.2 Å². The Kier molecular flexibility index (Phi) is 12.5. The quantitative estimate of drug-likeness (QED) is 0.429. The number of carbonyl (C=O) groups is 1. The fourth-order valence-corrected chi connectivity index (χ4v) is 1.75. The molecule has 0 saturated heterocycles. The first-order chi connectivity index (χ1) is 7.81. The maximum absolute atomic E-state index is 11.2. The van der Waals surface area contributed by atoms with Crippen LogP contribution in [0.25, 0.3) is 0 Å². The van der Waals surface area contributed by atoms with E-state index < -0.39 is 0 Å². The minimum atomic E-state index is 0.0128. The Balaban J connectivity index is 3.11. The Morgan fingerprint density at radius 3 is 2.88 bits per heavy atom. The fraction of sp³-hybridized carbons (Fsp3) is 0.900. The summed E-state index contributed by atoms with van der Waals surface area (Å²) >= 11 is 1.74. The van der Waals surface area contributed by atoms with Crippen LogP contribution >= 0.6 is 11.8 Å².